The van der Waals surface area contributed by atoms with E-state index < -0.39 is 15.2 Å². The SMILES string of the molecule is O=[N+](O)[Se]c1ccccc1. The zero-order valence-corrected chi connectivity index (χ0v) is 6.81. The van der Waals surface area contributed by atoms with Crippen LogP contribution in [0.15, 0.2) is 30.3 Å². The van der Waals surface area contributed by atoms with E-state index in [4.69, 9.17) is 5.21 Å². The second kappa shape index (κ2) is 3.34. The summed E-state index contributed by atoms with van der Waals surface area (Å²) in [6.45, 7) is 0. The summed E-state index contributed by atoms with van der Waals surface area (Å²) in [5.74, 6) is 0. The first-order chi connectivity index (χ1) is 4.79. The molecule has 0 aromatic heterocycles. The van der Waals surface area contributed by atoms with Gasteiger partial charge in [-0.05, 0) is 0 Å². The molecule has 52 valence electrons. The van der Waals surface area contributed by atoms with Crippen molar-refractivity contribution in [3.05, 3.63) is 35.2 Å². The van der Waals surface area contributed by atoms with Crippen LogP contribution in [0, 0.1) is 4.91 Å². The van der Waals surface area contributed by atoms with Crippen LogP contribution in [0.2, 0.25) is 0 Å². The van der Waals surface area contributed by atoms with E-state index >= 15 is 0 Å². The average Bonchev–Trinajstić information content (AvgIpc) is 1.88. The maximum atomic E-state index is 10.1. The Hall–Kier alpha value is -0.861. The van der Waals surface area contributed by atoms with Crippen molar-refractivity contribution in [3.63, 3.8) is 0 Å². The molecule has 0 radical (unpaired) electrons. The molecule has 0 spiro atoms. The van der Waals surface area contributed by atoms with Gasteiger partial charge in [-0.3, -0.25) is 0 Å². The van der Waals surface area contributed by atoms with Crippen LogP contribution in [-0.2, 0) is 0 Å². The molecule has 10 heavy (non-hydrogen) atoms. The van der Waals surface area contributed by atoms with Gasteiger partial charge in [0.15, 0.2) is 0 Å². The molecule has 0 aliphatic rings. The summed E-state index contributed by atoms with van der Waals surface area (Å²) in [6.07, 6.45) is 0. The molecule has 0 unspecified atom stereocenters. The monoisotopic (exact) mass is 204 g/mol. The second-order valence-corrected chi connectivity index (χ2v) is 3.67. The molecule has 1 aromatic carbocycles. The number of nitrogens with zero attached hydrogens (tertiary/aromatic N) is 1. The van der Waals surface area contributed by atoms with Gasteiger partial charge in [-0.15, -0.1) is 0 Å². The average molecular weight is 203 g/mol. The van der Waals surface area contributed by atoms with Crippen molar-refractivity contribution in [2.24, 2.45) is 0 Å². The molecular formula is C6H6NO2Se+. The molecule has 1 rings (SSSR count). The van der Waals surface area contributed by atoms with Gasteiger partial charge in [0, 0.05) is 0 Å². The molecule has 4 heteroatoms. The fourth-order valence-corrected chi connectivity index (χ4v) is 1.53. The van der Waals surface area contributed by atoms with Gasteiger partial charge in [0.05, 0.1) is 0 Å². The van der Waals surface area contributed by atoms with Crippen LogP contribution >= 0.6 is 0 Å². The van der Waals surface area contributed by atoms with Crippen molar-refractivity contribution in [1.82, 2.24) is 0 Å². The Kier molecular flexibility index (Phi) is 2.42. The van der Waals surface area contributed by atoms with E-state index in [1.807, 2.05) is 18.2 Å². The van der Waals surface area contributed by atoms with Crippen LogP contribution in [0.4, 0.5) is 0 Å². The first-order valence-corrected chi connectivity index (χ1v) is 4.30. The van der Waals surface area contributed by atoms with Crippen molar-refractivity contribution in [2.45, 2.75) is 0 Å². The van der Waals surface area contributed by atoms with Gasteiger partial charge in [-0.25, -0.2) is 0 Å². The fraction of sp³-hybridized carbons (Fsp3) is 0. The summed E-state index contributed by atoms with van der Waals surface area (Å²) in [5.41, 5.74) is 0. The molecule has 0 heterocycles. The number of rotatable bonds is 2. The molecule has 0 aliphatic carbocycles. The molecule has 1 aromatic rings. The Labute approximate surface area is 64.6 Å². The first-order valence-electron chi connectivity index (χ1n) is 2.68. The van der Waals surface area contributed by atoms with E-state index in [0.29, 0.717) is 0 Å². The number of hydrogen-bond acceptors (Lipinski definition) is 1. The maximum absolute atomic E-state index is 10.1. The van der Waals surface area contributed by atoms with Crippen LogP contribution in [0.3, 0.4) is 0 Å². The van der Waals surface area contributed by atoms with Crippen molar-refractivity contribution in [2.75, 3.05) is 0 Å². The third-order valence-electron chi connectivity index (χ3n) is 0.927. The molecule has 0 amide bonds. The van der Waals surface area contributed by atoms with Gasteiger partial charge in [0.1, 0.15) is 0 Å². The second-order valence-electron chi connectivity index (χ2n) is 1.64. The number of hydrogen-bond donors (Lipinski definition) is 1. The Morgan fingerprint density at radius 1 is 1.30 bits per heavy atom. The molecule has 0 bridgehead atoms. The molecule has 3 nitrogen and oxygen atoms in total. The summed E-state index contributed by atoms with van der Waals surface area (Å²) < 4.78 is 0.843. The fourth-order valence-electron chi connectivity index (χ4n) is 0.572. The Balaban J connectivity index is 2.67. The molecule has 0 fully saturated rings. The van der Waals surface area contributed by atoms with Gasteiger partial charge < -0.3 is 0 Å². The summed E-state index contributed by atoms with van der Waals surface area (Å²) >= 11 is -0.499. The normalized spacial score (nSPS) is 9.20. The first kappa shape index (κ1) is 7.25. The third kappa shape index (κ3) is 2.17. The number of benzene rings is 1. The Morgan fingerprint density at radius 3 is 2.40 bits per heavy atom. The molecule has 0 saturated carbocycles. The predicted molar refractivity (Wildman–Crippen MR) is 37.2 cm³/mol. The summed E-state index contributed by atoms with van der Waals surface area (Å²) in [6, 6.07) is 9.15. The van der Waals surface area contributed by atoms with Gasteiger partial charge in [0.25, 0.3) is 0 Å². The summed E-state index contributed by atoms with van der Waals surface area (Å²) in [7, 11) is 0. The van der Waals surface area contributed by atoms with E-state index in [0.717, 1.165) is 4.46 Å². The van der Waals surface area contributed by atoms with Crippen molar-refractivity contribution in [3.8, 4) is 0 Å². The minimum absolute atomic E-state index is 0.0255. The van der Waals surface area contributed by atoms with Crippen molar-refractivity contribution < 1.29 is 9.15 Å². The van der Waals surface area contributed by atoms with E-state index in [-0.39, 0.29) is 3.94 Å². The molecule has 1 N–H and O–H groups in total. The van der Waals surface area contributed by atoms with Gasteiger partial charge in [-0.1, -0.05) is 0 Å². The summed E-state index contributed by atoms with van der Waals surface area (Å²) in [4.78, 5) is 10.1. The van der Waals surface area contributed by atoms with E-state index in [2.05, 4.69) is 0 Å². The van der Waals surface area contributed by atoms with E-state index in [1.165, 1.54) is 0 Å². The van der Waals surface area contributed by atoms with Crippen LogP contribution in [0.1, 0.15) is 0 Å². The van der Waals surface area contributed by atoms with E-state index in [9.17, 15) is 4.91 Å². The van der Waals surface area contributed by atoms with Gasteiger partial charge >= 0.3 is 64.0 Å². The molecular weight excluding hydrogens is 197 g/mol. The van der Waals surface area contributed by atoms with Crippen LogP contribution < -0.4 is 4.46 Å². The predicted octanol–water partition coefficient (Wildman–Crippen LogP) is 0.0992. The van der Waals surface area contributed by atoms with Crippen molar-refractivity contribution >= 4 is 19.6 Å². The van der Waals surface area contributed by atoms with Crippen molar-refractivity contribution in [1.29, 1.82) is 0 Å². The zero-order chi connectivity index (χ0) is 7.40. The van der Waals surface area contributed by atoms with Crippen LogP contribution in [-0.4, -0.2) is 24.3 Å². The zero-order valence-electron chi connectivity index (χ0n) is 5.10. The van der Waals surface area contributed by atoms with Crippen LogP contribution in [0.25, 0.3) is 0 Å². The summed E-state index contributed by atoms with van der Waals surface area (Å²) in [5, 5.41) is 8.31. The van der Waals surface area contributed by atoms with Gasteiger partial charge in [-0.2, -0.15) is 0 Å². The topological polar surface area (TPSA) is 40.3 Å². The van der Waals surface area contributed by atoms with E-state index in [1.54, 1.807) is 12.1 Å². The minimum atomic E-state index is -0.499. The third-order valence-corrected chi connectivity index (χ3v) is 2.27. The molecule has 0 aliphatic heterocycles. The Morgan fingerprint density at radius 2 is 1.90 bits per heavy atom. The van der Waals surface area contributed by atoms with Crippen LogP contribution in [0.5, 0.6) is 0 Å². The Bertz CT molecular complexity index is 224. The van der Waals surface area contributed by atoms with Gasteiger partial charge in [0.2, 0.25) is 0 Å². The molecule has 0 atom stereocenters. The standard InChI is InChI=1S/C6H6NO2Se/c8-7(9)10-6-4-2-1-3-5-6/h1-5H,(H,8,9)/q+1. The quantitative estimate of drug-likeness (QED) is 0.547. The molecule has 0 saturated heterocycles.